The molecule has 0 unspecified atom stereocenters. The van der Waals surface area contributed by atoms with Crippen LogP contribution in [0.15, 0.2) is 29.6 Å². The van der Waals surface area contributed by atoms with Gasteiger partial charge in [-0.3, -0.25) is 4.79 Å². The summed E-state index contributed by atoms with van der Waals surface area (Å²) in [5.74, 6) is 0.993. The second-order valence-electron chi connectivity index (χ2n) is 5.84. The molecule has 0 aliphatic rings. The summed E-state index contributed by atoms with van der Waals surface area (Å²) in [6, 6.07) is 7.97. The SMILES string of the molecule is CCCCN(CC)C(=O)Cc1csc(COc2ccc(C)cc2)n1. The molecule has 4 nitrogen and oxygen atoms in total. The first-order chi connectivity index (χ1) is 11.6. The molecule has 0 aliphatic heterocycles. The maximum Gasteiger partial charge on any atom is 0.228 e. The Balaban J connectivity index is 1.85. The molecular formula is C19H26N2O2S. The fraction of sp³-hybridized carbons (Fsp3) is 0.474. The van der Waals surface area contributed by atoms with E-state index in [9.17, 15) is 4.79 Å². The number of nitrogens with zero attached hydrogens (tertiary/aromatic N) is 2. The van der Waals surface area contributed by atoms with Gasteiger partial charge in [0.2, 0.25) is 5.91 Å². The molecule has 0 aliphatic carbocycles. The van der Waals surface area contributed by atoms with E-state index in [2.05, 4.69) is 11.9 Å². The number of thiazole rings is 1. The molecule has 1 amide bonds. The Labute approximate surface area is 148 Å². The first-order valence-corrected chi connectivity index (χ1v) is 9.40. The second kappa shape index (κ2) is 9.42. The van der Waals surface area contributed by atoms with Crippen molar-refractivity contribution in [2.24, 2.45) is 0 Å². The van der Waals surface area contributed by atoms with Gasteiger partial charge in [-0.25, -0.2) is 4.98 Å². The third-order valence-electron chi connectivity index (χ3n) is 3.83. The van der Waals surface area contributed by atoms with Crippen LogP contribution in [0.3, 0.4) is 0 Å². The molecule has 5 heteroatoms. The van der Waals surface area contributed by atoms with E-state index in [1.165, 1.54) is 5.56 Å². The molecule has 130 valence electrons. The van der Waals surface area contributed by atoms with Gasteiger partial charge in [-0.05, 0) is 32.4 Å². The van der Waals surface area contributed by atoms with E-state index >= 15 is 0 Å². The first kappa shape index (κ1) is 18.5. The number of benzene rings is 1. The molecule has 0 saturated heterocycles. The average molecular weight is 346 g/mol. The van der Waals surface area contributed by atoms with Crippen molar-refractivity contribution in [1.29, 1.82) is 0 Å². The van der Waals surface area contributed by atoms with Gasteiger partial charge < -0.3 is 9.64 Å². The Hall–Kier alpha value is -1.88. The summed E-state index contributed by atoms with van der Waals surface area (Å²) in [5, 5.41) is 2.86. The Morgan fingerprint density at radius 1 is 1.25 bits per heavy atom. The van der Waals surface area contributed by atoms with Crippen LogP contribution in [0.2, 0.25) is 0 Å². The third-order valence-corrected chi connectivity index (χ3v) is 4.70. The Kier molecular flexibility index (Phi) is 7.25. The maximum absolute atomic E-state index is 12.3. The third kappa shape index (κ3) is 5.64. The van der Waals surface area contributed by atoms with Crippen molar-refractivity contribution in [3.8, 4) is 5.75 Å². The Bertz CT molecular complexity index is 637. The number of hydrogen-bond donors (Lipinski definition) is 0. The minimum Gasteiger partial charge on any atom is -0.486 e. The van der Waals surface area contributed by atoms with Crippen LogP contribution in [0.5, 0.6) is 5.75 Å². The van der Waals surface area contributed by atoms with Crippen LogP contribution >= 0.6 is 11.3 Å². The van der Waals surface area contributed by atoms with Crippen LogP contribution in [0.1, 0.15) is 43.0 Å². The van der Waals surface area contributed by atoms with Crippen LogP contribution in [-0.4, -0.2) is 28.9 Å². The van der Waals surface area contributed by atoms with Crippen LogP contribution < -0.4 is 4.74 Å². The fourth-order valence-electron chi connectivity index (χ4n) is 2.35. The maximum atomic E-state index is 12.3. The molecule has 24 heavy (non-hydrogen) atoms. The van der Waals surface area contributed by atoms with Crippen LogP contribution in [0.25, 0.3) is 0 Å². The summed E-state index contributed by atoms with van der Waals surface area (Å²) in [6.45, 7) is 8.24. The standard InChI is InChI=1S/C19H26N2O2S/c1-4-6-11-21(5-2)19(22)12-16-14-24-18(20-16)13-23-17-9-7-15(3)8-10-17/h7-10,14H,4-6,11-13H2,1-3H3. The van der Waals surface area contributed by atoms with Crippen molar-refractivity contribution in [3.63, 3.8) is 0 Å². The topological polar surface area (TPSA) is 42.4 Å². The molecule has 2 rings (SSSR count). The quantitative estimate of drug-likeness (QED) is 0.683. The highest BCUT2D eigenvalue weighted by atomic mass is 32.1. The smallest absolute Gasteiger partial charge is 0.228 e. The zero-order chi connectivity index (χ0) is 17.4. The van der Waals surface area contributed by atoms with Crippen molar-refractivity contribution < 1.29 is 9.53 Å². The van der Waals surface area contributed by atoms with Gasteiger partial charge in [-0.1, -0.05) is 31.0 Å². The summed E-state index contributed by atoms with van der Waals surface area (Å²) in [4.78, 5) is 18.8. The van der Waals surface area contributed by atoms with E-state index < -0.39 is 0 Å². The molecule has 1 heterocycles. The number of likely N-dealkylation sites (N-methyl/N-ethyl adjacent to an activating group) is 1. The van der Waals surface area contributed by atoms with Gasteiger partial charge in [0.25, 0.3) is 0 Å². The lowest BCUT2D eigenvalue weighted by Crippen LogP contribution is -2.33. The van der Waals surface area contributed by atoms with Crippen LogP contribution in [0.4, 0.5) is 0 Å². The Morgan fingerprint density at radius 2 is 2.00 bits per heavy atom. The molecule has 0 atom stereocenters. The molecule has 0 N–H and O–H groups in total. The molecule has 0 saturated carbocycles. The van der Waals surface area contributed by atoms with Gasteiger partial charge in [-0.15, -0.1) is 11.3 Å². The highest BCUT2D eigenvalue weighted by Gasteiger charge is 2.14. The highest BCUT2D eigenvalue weighted by Crippen LogP contribution is 2.16. The van der Waals surface area contributed by atoms with E-state index in [4.69, 9.17) is 4.74 Å². The summed E-state index contributed by atoms with van der Waals surface area (Å²) < 4.78 is 5.74. The summed E-state index contributed by atoms with van der Waals surface area (Å²) in [6.07, 6.45) is 2.52. The Morgan fingerprint density at radius 3 is 2.67 bits per heavy atom. The lowest BCUT2D eigenvalue weighted by molar-refractivity contribution is -0.130. The van der Waals surface area contributed by atoms with Crippen molar-refractivity contribution in [2.75, 3.05) is 13.1 Å². The number of carbonyl (C=O) groups excluding carboxylic acids is 1. The minimum absolute atomic E-state index is 0.155. The molecule has 2 aromatic rings. The van der Waals surface area contributed by atoms with E-state index in [1.54, 1.807) is 11.3 Å². The average Bonchev–Trinajstić information content (AvgIpc) is 3.02. The summed E-state index contributed by atoms with van der Waals surface area (Å²) in [7, 11) is 0. The van der Waals surface area contributed by atoms with Crippen LogP contribution in [0, 0.1) is 6.92 Å². The first-order valence-electron chi connectivity index (χ1n) is 8.52. The van der Waals surface area contributed by atoms with Gasteiger partial charge in [0.05, 0.1) is 12.1 Å². The fourth-order valence-corrected chi connectivity index (χ4v) is 3.06. The van der Waals surface area contributed by atoms with E-state index in [-0.39, 0.29) is 5.91 Å². The van der Waals surface area contributed by atoms with Gasteiger partial charge in [0.1, 0.15) is 17.4 Å². The molecule has 0 radical (unpaired) electrons. The molecule has 0 fully saturated rings. The number of aryl methyl sites for hydroxylation is 1. The summed E-state index contributed by atoms with van der Waals surface area (Å²) in [5.41, 5.74) is 2.04. The van der Waals surface area contributed by atoms with Crippen molar-refractivity contribution in [1.82, 2.24) is 9.88 Å². The number of rotatable bonds is 9. The molecular weight excluding hydrogens is 320 g/mol. The van der Waals surface area contributed by atoms with Gasteiger partial charge in [-0.2, -0.15) is 0 Å². The zero-order valence-corrected chi connectivity index (χ0v) is 15.6. The zero-order valence-electron chi connectivity index (χ0n) is 14.7. The monoisotopic (exact) mass is 346 g/mol. The van der Waals surface area contributed by atoms with E-state index in [0.29, 0.717) is 13.0 Å². The number of ether oxygens (including phenoxy) is 1. The van der Waals surface area contributed by atoms with Gasteiger partial charge in [0.15, 0.2) is 0 Å². The normalized spacial score (nSPS) is 10.6. The lowest BCUT2D eigenvalue weighted by atomic mass is 10.2. The largest absolute Gasteiger partial charge is 0.486 e. The highest BCUT2D eigenvalue weighted by molar-refractivity contribution is 7.09. The van der Waals surface area contributed by atoms with Crippen molar-refractivity contribution in [3.05, 3.63) is 45.9 Å². The van der Waals surface area contributed by atoms with Crippen LogP contribution in [-0.2, 0) is 17.8 Å². The predicted octanol–water partition coefficient (Wildman–Crippen LogP) is 4.22. The number of amides is 1. The van der Waals surface area contributed by atoms with Gasteiger partial charge in [0, 0.05) is 18.5 Å². The number of aromatic nitrogens is 1. The van der Waals surface area contributed by atoms with E-state index in [0.717, 1.165) is 42.4 Å². The number of unbranched alkanes of at least 4 members (excludes halogenated alkanes) is 1. The molecule has 0 spiro atoms. The van der Waals surface area contributed by atoms with Gasteiger partial charge >= 0.3 is 0 Å². The molecule has 1 aromatic heterocycles. The van der Waals surface area contributed by atoms with E-state index in [1.807, 2.05) is 48.4 Å². The van der Waals surface area contributed by atoms with Crippen molar-refractivity contribution in [2.45, 2.75) is 46.6 Å². The lowest BCUT2D eigenvalue weighted by Gasteiger charge is -2.20. The minimum atomic E-state index is 0.155. The predicted molar refractivity (Wildman–Crippen MR) is 98.5 cm³/mol. The molecule has 0 bridgehead atoms. The second-order valence-corrected chi connectivity index (χ2v) is 6.78. The van der Waals surface area contributed by atoms with Crippen molar-refractivity contribution >= 4 is 17.2 Å². The molecule has 1 aromatic carbocycles. The summed E-state index contributed by atoms with van der Waals surface area (Å²) >= 11 is 1.54. The number of hydrogen-bond acceptors (Lipinski definition) is 4. The number of carbonyl (C=O) groups is 1.